The first-order valence-electron chi connectivity index (χ1n) is 7.31. The van der Waals surface area contributed by atoms with Crippen LogP contribution >= 0.6 is 0 Å². The van der Waals surface area contributed by atoms with E-state index in [0.29, 0.717) is 5.75 Å². The van der Waals surface area contributed by atoms with E-state index >= 15 is 0 Å². The van der Waals surface area contributed by atoms with Gasteiger partial charge in [-0.1, -0.05) is 30.3 Å². The minimum atomic E-state index is -0.551. The lowest BCUT2D eigenvalue weighted by Crippen LogP contribution is -2.31. The molecule has 2 aromatic carbocycles. The molecule has 1 amide bonds. The molecule has 0 spiro atoms. The van der Waals surface area contributed by atoms with Gasteiger partial charge in [0.1, 0.15) is 5.75 Å². The molecule has 0 fully saturated rings. The van der Waals surface area contributed by atoms with Gasteiger partial charge in [-0.3, -0.25) is 14.9 Å². The monoisotopic (exact) mass is 330 g/mol. The van der Waals surface area contributed by atoms with Gasteiger partial charge >= 0.3 is 5.69 Å². The van der Waals surface area contributed by atoms with Gasteiger partial charge in [0.15, 0.2) is 12.4 Å². The standard InChI is InChI=1S/C17H18N2O5/c1-12(13-7-3-5-9-15(13)23-2)18-17(20)11-24-16-10-6-4-8-14(16)19(21)22/h3-10,12H,11H2,1-2H3,(H,18,20). The van der Waals surface area contributed by atoms with Crippen molar-refractivity contribution in [2.24, 2.45) is 0 Å². The van der Waals surface area contributed by atoms with Crippen LogP contribution in [0.1, 0.15) is 18.5 Å². The molecule has 0 radical (unpaired) electrons. The minimum absolute atomic E-state index is 0.0580. The second-order valence-corrected chi connectivity index (χ2v) is 5.04. The molecule has 1 unspecified atom stereocenters. The van der Waals surface area contributed by atoms with Gasteiger partial charge in [0.05, 0.1) is 18.1 Å². The van der Waals surface area contributed by atoms with Gasteiger partial charge in [0, 0.05) is 11.6 Å². The van der Waals surface area contributed by atoms with Crippen LogP contribution in [0.5, 0.6) is 11.5 Å². The third-order valence-electron chi connectivity index (χ3n) is 3.40. The van der Waals surface area contributed by atoms with Crippen molar-refractivity contribution in [2.75, 3.05) is 13.7 Å². The molecule has 1 atom stereocenters. The number of nitro groups is 1. The number of carbonyl (C=O) groups is 1. The summed E-state index contributed by atoms with van der Waals surface area (Å²) in [7, 11) is 1.56. The van der Waals surface area contributed by atoms with Crippen molar-refractivity contribution in [3.8, 4) is 11.5 Å². The lowest BCUT2D eigenvalue weighted by atomic mass is 10.1. The van der Waals surface area contributed by atoms with Crippen molar-refractivity contribution in [2.45, 2.75) is 13.0 Å². The van der Waals surface area contributed by atoms with E-state index in [2.05, 4.69) is 5.32 Å². The van der Waals surface area contributed by atoms with Crippen molar-refractivity contribution in [3.05, 3.63) is 64.2 Å². The van der Waals surface area contributed by atoms with Crippen LogP contribution in [0.25, 0.3) is 0 Å². The summed E-state index contributed by atoms with van der Waals surface area (Å²) in [6.07, 6.45) is 0. The Morgan fingerprint density at radius 2 is 1.79 bits per heavy atom. The van der Waals surface area contributed by atoms with Crippen molar-refractivity contribution in [3.63, 3.8) is 0 Å². The number of benzene rings is 2. The summed E-state index contributed by atoms with van der Waals surface area (Å²) >= 11 is 0. The largest absolute Gasteiger partial charge is 0.496 e. The van der Waals surface area contributed by atoms with Crippen LogP contribution in [-0.2, 0) is 4.79 Å². The number of para-hydroxylation sites is 3. The summed E-state index contributed by atoms with van der Waals surface area (Å²) < 4.78 is 10.5. The molecule has 0 aliphatic heterocycles. The molecular formula is C17H18N2O5. The number of hydrogen-bond acceptors (Lipinski definition) is 5. The van der Waals surface area contributed by atoms with Crippen LogP contribution in [0.3, 0.4) is 0 Å². The van der Waals surface area contributed by atoms with Gasteiger partial charge < -0.3 is 14.8 Å². The SMILES string of the molecule is COc1ccccc1C(C)NC(=O)COc1ccccc1[N+](=O)[O-]. The average molecular weight is 330 g/mol. The lowest BCUT2D eigenvalue weighted by Gasteiger charge is -2.17. The third-order valence-corrected chi connectivity index (χ3v) is 3.40. The maximum absolute atomic E-state index is 12.0. The molecule has 0 saturated carbocycles. The summed E-state index contributed by atoms with van der Waals surface area (Å²) in [6.45, 7) is 1.51. The van der Waals surface area contributed by atoms with Gasteiger partial charge in [-0.05, 0) is 19.1 Å². The summed E-state index contributed by atoms with van der Waals surface area (Å²) in [6, 6.07) is 13.0. The van der Waals surface area contributed by atoms with E-state index in [1.54, 1.807) is 13.2 Å². The summed E-state index contributed by atoms with van der Waals surface area (Å²) in [4.78, 5) is 22.4. The predicted octanol–water partition coefficient (Wildman–Crippen LogP) is 2.86. The molecule has 7 heteroatoms. The number of ether oxygens (including phenoxy) is 2. The fraction of sp³-hybridized carbons (Fsp3) is 0.235. The molecule has 0 saturated heterocycles. The zero-order valence-corrected chi connectivity index (χ0v) is 13.4. The van der Waals surface area contributed by atoms with Gasteiger partial charge in [-0.15, -0.1) is 0 Å². The van der Waals surface area contributed by atoms with E-state index in [-0.39, 0.29) is 30.0 Å². The van der Waals surface area contributed by atoms with Crippen LogP contribution < -0.4 is 14.8 Å². The smallest absolute Gasteiger partial charge is 0.310 e. The number of carbonyl (C=O) groups excluding carboxylic acids is 1. The Morgan fingerprint density at radius 3 is 2.46 bits per heavy atom. The fourth-order valence-corrected chi connectivity index (χ4v) is 2.26. The highest BCUT2D eigenvalue weighted by atomic mass is 16.6. The number of hydrogen-bond donors (Lipinski definition) is 1. The number of nitro benzene ring substituents is 1. The quantitative estimate of drug-likeness (QED) is 0.622. The highest BCUT2D eigenvalue weighted by Crippen LogP contribution is 2.26. The van der Waals surface area contributed by atoms with E-state index in [4.69, 9.17) is 9.47 Å². The fourth-order valence-electron chi connectivity index (χ4n) is 2.26. The summed E-state index contributed by atoms with van der Waals surface area (Å²) in [5, 5.41) is 13.7. The summed E-state index contributed by atoms with van der Waals surface area (Å²) in [5.74, 6) is 0.346. The lowest BCUT2D eigenvalue weighted by molar-refractivity contribution is -0.385. The van der Waals surface area contributed by atoms with E-state index in [9.17, 15) is 14.9 Å². The van der Waals surface area contributed by atoms with E-state index in [0.717, 1.165) is 5.56 Å². The maximum atomic E-state index is 12.0. The molecule has 126 valence electrons. The highest BCUT2D eigenvalue weighted by Gasteiger charge is 2.17. The number of nitrogens with one attached hydrogen (secondary N) is 1. The average Bonchev–Trinajstić information content (AvgIpc) is 2.60. The first-order valence-corrected chi connectivity index (χ1v) is 7.31. The van der Waals surface area contributed by atoms with Crippen molar-refractivity contribution >= 4 is 11.6 Å². The van der Waals surface area contributed by atoms with Gasteiger partial charge in [-0.25, -0.2) is 0 Å². The van der Waals surface area contributed by atoms with Crippen molar-refractivity contribution in [1.82, 2.24) is 5.32 Å². The molecule has 0 aromatic heterocycles. The third kappa shape index (κ3) is 4.22. The minimum Gasteiger partial charge on any atom is -0.496 e. The molecule has 0 aliphatic rings. The molecule has 0 bridgehead atoms. The summed E-state index contributed by atoms with van der Waals surface area (Å²) in [5.41, 5.74) is 0.655. The molecule has 24 heavy (non-hydrogen) atoms. The molecule has 1 N–H and O–H groups in total. The zero-order valence-electron chi connectivity index (χ0n) is 13.4. The van der Waals surface area contributed by atoms with Crippen molar-refractivity contribution < 1.29 is 19.2 Å². The maximum Gasteiger partial charge on any atom is 0.310 e. The van der Waals surface area contributed by atoms with Gasteiger partial charge in [-0.2, -0.15) is 0 Å². The van der Waals surface area contributed by atoms with Crippen molar-refractivity contribution in [1.29, 1.82) is 0 Å². The first-order chi connectivity index (χ1) is 11.5. The Labute approximate surface area is 139 Å². The number of nitrogens with zero attached hydrogens (tertiary/aromatic N) is 1. The molecule has 2 aromatic rings. The van der Waals surface area contributed by atoms with Crippen LogP contribution in [0.15, 0.2) is 48.5 Å². The number of amides is 1. The van der Waals surface area contributed by atoms with Gasteiger partial charge in [0.2, 0.25) is 0 Å². The Hall–Kier alpha value is -3.09. The molecule has 0 heterocycles. The van der Waals surface area contributed by atoms with E-state index in [1.807, 2.05) is 31.2 Å². The molecular weight excluding hydrogens is 312 g/mol. The van der Waals surface area contributed by atoms with Crippen LogP contribution in [0.2, 0.25) is 0 Å². The Kier molecular flexibility index (Phi) is 5.73. The molecule has 7 nitrogen and oxygen atoms in total. The Morgan fingerprint density at radius 1 is 1.17 bits per heavy atom. The molecule has 0 aliphatic carbocycles. The Balaban J connectivity index is 1.98. The topological polar surface area (TPSA) is 90.7 Å². The van der Waals surface area contributed by atoms with Crippen LogP contribution in [-0.4, -0.2) is 24.5 Å². The number of rotatable bonds is 7. The van der Waals surface area contributed by atoms with Gasteiger partial charge in [0.25, 0.3) is 5.91 Å². The zero-order chi connectivity index (χ0) is 17.5. The molecule has 2 rings (SSSR count). The number of methoxy groups -OCH3 is 1. The van der Waals surface area contributed by atoms with Crippen LogP contribution in [0, 0.1) is 10.1 Å². The first kappa shape index (κ1) is 17.3. The van der Waals surface area contributed by atoms with E-state index in [1.165, 1.54) is 18.2 Å². The normalized spacial score (nSPS) is 11.4. The Bertz CT molecular complexity index is 732. The van der Waals surface area contributed by atoms with Crippen LogP contribution in [0.4, 0.5) is 5.69 Å². The van der Waals surface area contributed by atoms with E-state index < -0.39 is 4.92 Å². The highest BCUT2D eigenvalue weighted by molar-refractivity contribution is 5.78. The predicted molar refractivity (Wildman–Crippen MR) is 88.1 cm³/mol. The second-order valence-electron chi connectivity index (χ2n) is 5.04. The second kappa shape index (κ2) is 7.96.